The van der Waals surface area contributed by atoms with Crippen LogP contribution in [0.25, 0.3) is 0 Å². The van der Waals surface area contributed by atoms with E-state index in [2.05, 4.69) is 19.9 Å². The Hall–Kier alpha value is -1.47. The second kappa shape index (κ2) is 4.80. The first-order valence-electron chi connectivity index (χ1n) is 4.83. The number of aromatic nitrogens is 4. The molecule has 0 fully saturated rings. The highest BCUT2D eigenvalue weighted by Gasteiger charge is 2.10. The largest absolute Gasteiger partial charge is 0.368 e. The number of nitrogen functional groups attached to an aromatic ring is 1. The van der Waals surface area contributed by atoms with Crippen molar-refractivity contribution in [3.05, 3.63) is 21.4 Å². The molecule has 2 aromatic rings. The van der Waals surface area contributed by atoms with Crippen LogP contribution in [0.4, 0.5) is 11.9 Å². The number of halogens is 1. The first-order chi connectivity index (χ1) is 8.06. The number of aryl methyl sites for hydroxylation is 1. The molecule has 8 heteroatoms. The van der Waals surface area contributed by atoms with Crippen LogP contribution in [-0.4, -0.2) is 27.0 Å². The molecule has 90 valence electrons. The summed E-state index contributed by atoms with van der Waals surface area (Å²) in [7, 11) is 1.87. The lowest BCUT2D eigenvalue weighted by molar-refractivity contribution is 0.859. The molecule has 0 radical (unpaired) electrons. The summed E-state index contributed by atoms with van der Waals surface area (Å²) in [6.45, 7) is 2.63. The summed E-state index contributed by atoms with van der Waals surface area (Å²) in [5.41, 5.74) is 8.34. The fourth-order valence-electron chi connectivity index (χ4n) is 1.29. The number of hydrogen-bond acceptors (Lipinski definition) is 7. The van der Waals surface area contributed by atoms with E-state index in [0.29, 0.717) is 12.5 Å². The lowest BCUT2D eigenvalue weighted by Gasteiger charge is -2.16. The van der Waals surface area contributed by atoms with Gasteiger partial charge in [-0.25, -0.2) is 4.98 Å². The van der Waals surface area contributed by atoms with Gasteiger partial charge in [-0.1, -0.05) is 0 Å². The third kappa shape index (κ3) is 2.80. The summed E-state index contributed by atoms with van der Waals surface area (Å²) in [4.78, 5) is 19.0. The fourth-order valence-corrected chi connectivity index (χ4v) is 2.28. The summed E-state index contributed by atoms with van der Waals surface area (Å²) in [5, 5.41) is 0.0976. The van der Waals surface area contributed by atoms with Gasteiger partial charge in [-0.2, -0.15) is 15.0 Å². The van der Waals surface area contributed by atoms with E-state index in [9.17, 15) is 0 Å². The molecule has 17 heavy (non-hydrogen) atoms. The zero-order chi connectivity index (χ0) is 12.4. The first kappa shape index (κ1) is 12.0. The topological polar surface area (TPSA) is 80.8 Å². The van der Waals surface area contributed by atoms with Crippen molar-refractivity contribution in [1.29, 1.82) is 0 Å². The minimum atomic E-state index is 0.0976. The van der Waals surface area contributed by atoms with Crippen LogP contribution in [0, 0.1) is 6.92 Å². The molecule has 0 aliphatic carbocycles. The average Bonchev–Trinajstić information content (AvgIpc) is 2.63. The van der Waals surface area contributed by atoms with Gasteiger partial charge < -0.3 is 10.6 Å². The minimum Gasteiger partial charge on any atom is -0.368 e. The smallest absolute Gasteiger partial charge is 0.231 e. The van der Waals surface area contributed by atoms with Crippen molar-refractivity contribution in [2.75, 3.05) is 17.7 Å². The quantitative estimate of drug-likeness (QED) is 0.910. The molecule has 6 nitrogen and oxygen atoms in total. The summed E-state index contributed by atoms with van der Waals surface area (Å²) < 4.78 is 0. The van der Waals surface area contributed by atoms with Gasteiger partial charge in [-0.3, -0.25) is 0 Å². The Balaban J connectivity index is 2.20. The maximum Gasteiger partial charge on any atom is 0.231 e. The molecule has 0 unspecified atom stereocenters. The fraction of sp³-hybridized carbons (Fsp3) is 0.333. The summed E-state index contributed by atoms with van der Waals surface area (Å²) in [6, 6.07) is 0. The monoisotopic (exact) mass is 270 g/mol. The van der Waals surface area contributed by atoms with Crippen molar-refractivity contribution >= 4 is 34.8 Å². The van der Waals surface area contributed by atoms with Crippen LogP contribution in [-0.2, 0) is 6.54 Å². The highest BCUT2D eigenvalue weighted by atomic mass is 35.5. The molecular formula is C9H11ClN6S. The standard InChI is InChI=1S/C9H11ClN6S/c1-5-6(17-4-12-5)3-16(2)9-14-7(10)13-8(11)15-9/h4H,3H2,1-2H3,(H2,11,13,14,15). The molecule has 2 aromatic heterocycles. The SMILES string of the molecule is Cc1ncsc1CN(C)c1nc(N)nc(Cl)n1. The second-order valence-electron chi connectivity index (χ2n) is 3.48. The van der Waals surface area contributed by atoms with Crippen LogP contribution in [0.3, 0.4) is 0 Å². The Morgan fingerprint density at radius 3 is 2.76 bits per heavy atom. The van der Waals surface area contributed by atoms with Crippen LogP contribution >= 0.6 is 22.9 Å². The van der Waals surface area contributed by atoms with E-state index in [1.54, 1.807) is 11.3 Å². The molecule has 0 atom stereocenters. The van der Waals surface area contributed by atoms with E-state index in [-0.39, 0.29) is 11.2 Å². The van der Waals surface area contributed by atoms with E-state index in [4.69, 9.17) is 17.3 Å². The van der Waals surface area contributed by atoms with Crippen LogP contribution in [0.2, 0.25) is 5.28 Å². The summed E-state index contributed by atoms with van der Waals surface area (Å²) >= 11 is 7.32. The molecule has 0 aliphatic rings. The third-order valence-electron chi connectivity index (χ3n) is 2.18. The van der Waals surface area contributed by atoms with E-state index in [1.165, 1.54) is 0 Å². The average molecular weight is 271 g/mol. The van der Waals surface area contributed by atoms with Crippen LogP contribution in [0.1, 0.15) is 10.6 Å². The Kier molecular flexibility index (Phi) is 3.39. The van der Waals surface area contributed by atoms with Crippen molar-refractivity contribution in [2.24, 2.45) is 0 Å². The van der Waals surface area contributed by atoms with Gasteiger partial charge in [0.2, 0.25) is 17.2 Å². The zero-order valence-electron chi connectivity index (χ0n) is 9.38. The van der Waals surface area contributed by atoms with Crippen molar-refractivity contribution in [1.82, 2.24) is 19.9 Å². The molecule has 0 bridgehead atoms. The highest BCUT2D eigenvalue weighted by Crippen LogP contribution is 2.18. The van der Waals surface area contributed by atoms with Crippen molar-refractivity contribution in [3.8, 4) is 0 Å². The molecule has 0 aliphatic heterocycles. The molecule has 0 saturated carbocycles. The van der Waals surface area contributed by atoms with Crippen molar-refractivity contribution in [2.45, 2.75) is 13.5 Å². The number of thiazole rings is 1. The van der Waals surface area contributed by atoms with Gasteiger partial charge >= 0.3 is 0 Å². The van der Waals surface area contributed by atoms with Gasteiger partial charge in [0.05, 0.1) is 17.7 Å². The zero-order valence-corrected chi connectivity index (χ0v) is 11.0. The predicted molar refractivity (Wildman–Crippen MR) is 68.2 cm³/mol. The Labute approximate surface area is 108 Å². The van der Waals surface area contributed by atoms with Crippen molar-refractivity contribution < 1.29 is 0 Å². The van der Waals surface area contributed by atoms with E-state index < -0.39 is 0 Å². The molecule has 0 saturated heterocycles. The van der Waals surface area contributed by atoms with E-state index >= 15 is 0 Å². The molecule has 0 amide bonds. The molecule has 2 heterocycles. The minimum absolute atomic E-state index is 0.0976. The predicted octanol–water partition coefficient (Wildman–Crippen LogP) is 1.51. The van der Waals surface area contributed by atoms with Crippen LogP contribution < -0.4 is 10.6 Å². The van der Waals surface area contributed by atoms with E-state index in [1.807, 2.05) is 24.4 Å². The number of hydrogen-bond donors (Lipinski definition) is 1. The van der Waals surface area contributed by atoms with E-state index in [0.717, 1.165) is 10.6 Å². The summed E-state index contributed by atoms with van der Waals surface area (Å²) in [6.07, 6.45) is 0. The maximum atomic E-state index is 5.73. The molecule has 2 rings (SSSR count). The molecule has 2 N–H and O–H groups in total. The Morgan fingerprint density at radius 2 is 2.18 bits per heavy atom. The summed E-state index contributed by atoms with van der Waals surface area (Å²) in [5.74, 6) is 0.572. The van der Waals surface area contributed by atoms with Gasteiger partial charge in [0, 0.05) is 11.9 Å². The maximum absolute atomic E-state index is 5.73. The second-order valence-corrected chi connectivity index (χ2v) is 4.76. The third-order valence-corrected chi connectivity index (χ3v) is 3.27. The van der Waals surface area contributed by atoms with Gasteiger partial charge in [-0.05, 0) is 18.5 Å². The highest BCUT2D eigenvalue weighted by molar-refractivity contribution is 7.09. The number of rotatable bonds is 3. The lowest BCUT2D eigenvalue weighted by Crippen LogP contribution is -2.20. The van der Waals surface area contributed by atoms with Gasteiger partial charge in [0.15, 0.2) is 0 Å². The number of nitrogens with two attached hydrogens (primary N) is 1. The molecular weight excluding hydrogens is 260 g/mol. The Morgan fingerprint density at radius 1 is 1.41 bits per heavy atom. The van der Waals surface area contributed by atoms with Gasteiger partial charge in [-0.15, -0.1) is 11.3 Å². The normalized spacial score (nSPS) is 10.5. The van der Waals surface area contributed by atoms with Gasteiger partial charge in [0.25, 0.3) is 0 Å². The van der Waals surface area contributed by atoms with Gasteiger partial charge in [0.1, 0.15) is 0 Å². The molecule has 0 spiro atoms. The number of nitrogens with zero attached hydrogens (tertiary/aromatic N) is 5. The van der Waals surface area contributed by atoms with Crippen molar-refractivity contribution in [3.63, 3.8) is 0 Å². The Bertz CT molecular complexity index is 508. The van der Waals surface area contributed by atoms with Crippen LogP contribution in [0.15, 0.2) is 5.51 Å². The lowest BCUT2D eigenvalue weighted by atomic mass is 10.4. The van der Waals surface area contributed by atoms with Crippen LogP contribution in [0.5, 0.6) is 0 Å². The first-order valence-corrected chi connectivity index (χ1v) is 6.09. The molecule has 0 aromatic carbocycles. The number of anilines is 2.